The zero-order valence-electron chi connectivity index (χ0n) is 17.7. The highest BCUT2D eigenvalue weighted by Crippen LogP contribution is 2.31. The number of hydrogen-bond acceptors (Lipinski definition) is 5. The first-order chi connectivity index (χ1) is 15.4. The van der Waals surface area contributed by atoms with Crippen LogP contribution in [0.1, 0.15) is 21.5 Å². The van der Waals surface area contributed by atoms with Crippen LogP contribution in [-0.4, -0.2) is 23.1 Å². The van der Waals surface area contributed by atoms with Gasteiger partial charge in [0.05, 0.1) is 23.4 Å². The first kappa shape index (κ1) is 21.8. The van der Waals surface area contributed by atoms with Crippen LogP contribution in [0.25, 0.3) is 22.6 Å². The third-order valence-corrected chi connectivity index (χ3v) is 5.43. The molecule has 0 radical (unpaired) electrons. The fourth-order valence-electron chi connectivity index (χ4n) is 3.34. The summed E-state index contributed by atoms with van der Waals surface area (Å²) in [4.78, 5) is 17.2. The van der Waals surface area contributed by atoms with E-state index in [0.29, 0.717) is 33.5 Å². The monoisotopic (exact) mass is 465 g/mol. The summed E-state index contributed by atoms with van der Waals surface area (Å²) >= 11 is 11.7. The highest BCUT2D eigenvalue weighted by Gasteiger charge is 2.16. The van der Waals surface area contributed by atoms with Gasteiger partial charge in [0.1, 0.15) is 11.3 Å². The molecule has 1 aromatic heterocycles. The van der Waals surface area contributed by atoms with Crippen molar-refractivity contribution in [1.82, 2.24) is 10.3 Å². The number of para-hydroxylation sites is 1. The molecule has 0 aliphatic carbocycles. The molecule has 2 N–H and O–H groups in total. The van der Waals surface area contributed by atoms with Gasteiger partial charge in [-0.25, -0.2) is 4.98 Å². The van der Waals surface area contributed by atoms with Crippen LogP contribution in [-0.2, 0) is 0 Å². The van der Waals surface area contributed by atoms with E-state index in [1.54, 1.807) is 24.3 Å². The highest BCUT2D eigenvalue weighted by molar-refractivity contribution is 7.80. The fourth-order valence-corrected chi connectivity index (χ4v) is 3.70. The molecule has 4 rings (SSSR count). The summed E-state index contributed by atoms with van der Waals surface area (Å²) in [5, 5.41) is 6.18. The van der Waals surface area contributed by atoms with Crippen molar-refractivity contribution in [1.29, 1.82) is 0 Å². The summed E-state index contributed by atoms with van der Waals surface area (Å²) in [7, 11) is 1.52. The molecular formula is C24H20ClN3O3S. The van der Waals surface area contributed by atoms with E-state index in [-0.39, 0.29) is 11.0 Å². The minimum absolute atomic E-state index is 0.103. The Kier molecular flexibility index (Phi) is 6.12. The van der Waals surface area contributed by atoms with E-state index < -0.39 is 0 Å². The number of amides is 1. The van der Waals surface area contributed by atoms with E-state index in [0.717, 1.165) is 22.2 Å². The number of thiocarbonyl (C=S) groups is 1. The number of nitrogens with one attached hydrogen (secondary N) is 2. The Morgan fingerprint density at radius 3 is 2.72 bits per heavy atom. The fraction of sp³-hybridized carbons (Fsp3) is 0.125. The summed E-state index contributed by atoms with van der Waals surface area (Å²) in [5.74, 6) is 0.577. The van der Waals surface area contributed by atoms with Crippen molar-refractivity contribution in [3.63, 3.8) is 0 Å². The van der Waals surface area contributed by atoms with E-state index in [2.05, 4.69) is 15.6 Å². The molecule has 0 aliphatic heterocycles. The summed E-state index contributed by atoms with van der Waals surface area (Å²) < 4.78 is 11.2. The number of fused-ring (bicyclic) bond motifs is 1. The Morgan fingerprint density at radius 1 is 1.12 bits per heavy atom. The first-order valence-corrected chi connectivity index (χ1v) is 10.6. The Balaban J connectivity index is 1.54. The topological polar surface area (TPSA) is 76.4 Å². The van der Waals surface area contributed by atoms with Crippen LogP contribution < -0.4 is 15.4 Å². The average molecular weight is 466 g/mol. The van der Waals surface area contributed by atoms with Gasteiger partial charge in [0, 0.05) is 5.56 Å². The first-order valence-electron chi connectivity index (χ1n) is 9.79. The number of aromatic nitrogens is 1. The van der Waals surface area contributed by atoms with Crippen LogP contribution >= 0.6 is 23.8 Å². The van der Waals surface area contributed by atoms with Crippen molar-refractivity contribution in [2.24, 2.45) is 0 Å². The minimum atomic E-state index is -0.385. The van der Waals surface area contributed by atoms with Gasteiger partial charge in [-0.3, -0.25) is 10.1 Å². The molecule has 0 fully saturated rings. The van der Waals surface area contributed by atoms with Gasteiger partial charge >= 0.3 is 0 Å². The number of methoxy groups -OCH3 is 1. The molecule has 8 heteroatoms. The normalized spacial score (nSPS) is 10.8. The van der Waals surface area contributed by atoms with Crippen molar-refractivity contribution < 1.29 is 13.9 Å². The number of halogens is 1. The lowest BCUT2D eigenvalue weighted by molar-refractivity contribution is 0.0974. The van der Waals surface area contributed by atoms with Gasteiger partial charge in [-0.1, -0.05) is 29.8 Å². The van der Waals surface area contributed by atoms with Crippen molar-refractivity contribution in [2.45, 2.75) is 13.8 Å². The third-order valence-electron chi connectivity index (χ3n) is 4.89. The van der Waals surface area contributed by atoms with Crippen LogP contribution in [0.4, 0.5) is 5.69 Å². The SMILES string of the molecule is COc1c(C)cccc1C(=O)NC(=S)Nc1cc(-c2nc3ccc(C)cc3o2)ccc1Cl. The van der Waals surface area contributed by atoms with Gasteiger partial charge in [-0.15, -0.1) is 0 Å². The zero-order valence-corrected chi connectivity index (χ0v) is 19.2. The molecule has 1 heterocycles. The largest absolute Gasteiger partial charge is 0.496 e. The Bertz CT molecular complexity index is 1350. The van der Waals surface area contributed by atoms with Crippen LogP contribution in [0.3, 0.4) is 0 Å². The molecule has 0 bridgehead atoms. The predicted octanol–water partition coefficient (Wildman–Crippen LogP) is 5.90. The van der Waals surface area contributed by atoms with E-state index in [9.17, 15) is 4.79 Å². The van der Waals surface area contributed by atoms with Crippen molar-refractivity contribution in [3.05, 3.63) is 76.3 Å². The van der Waals surface area contributed by atoms with Crippen molar-refractivity contribution in [3.8, 4) is 17.2 Å². The molecule has 32 heavy (non-hydrogen) atoms. The molecule has 0 aliphatic rings. The lowest BCUT2D eigenvalue weighted by atomic mass is 10.1. The molecule has 0 spiro atoms. The molecule has 1 amide bonds. The Labute approximate surface area is 195 Å². The maximum atomic E-state index is 12.7. The maximum Gasteiger partial charge on any atom is 0.261 e. The number of ether oxygens (including phenoxy) is 1. The second kappa shape index (κ2) is 8.98. The molecular weight excluding hydrogens is 446 g/mol. The number of oxazole rings is 1. The lowest BCUT2D eigenvalue weighted by Gasteiger charge is -2.14. The zero-order chi connectivity index (χ0) is 22.8. The summed E-state index contributed by atoms with van der Waals surface area (Å²) in [5.41, 5.74) is 5.04. The van der Waals surface area contributed by atoms with Crippen LogP contribution in [0, 0.1) is 13.8 Å². The molecule has 0 unspecified atom stereocenters. The number of carbonyl (C=O) groups excluding carboxylic acids is 1. The van der Waals surface area contributed by atoms with E-state index in [1.165, 1.54) is 7.11 Å². The van der Waals surface area contributed by atoms with E-state index in [4.69, 9.17) is 33.0 Å². The number of hydrogen-bond donors (Lipinski definition) is 2. The van der Waals surface area contributed by atoms with E-state index >= 15 is 0 Å². The minimum Gasteiger partial charge on any atom is -0.496 e. The van der Waals surface area contributed by atoms with Gasteiger partial charge in [-0.05, 0) is 73.6 Å². The van der Waals surface area contributed by atoms with Crippen molar-refractivity contribution >= 4 is 51.6 Å². The molecule has 0 saturated heterocycles. The smallest absolute Gasteiger partial charge is 0.261 e. The predicted molar refractivity (Wildman–Crippen MR) is 131 cm³/mol. The highest BCUT2D eigenvalue weighted by atomic mass is 35.5. The average Bonchev–Trinajstić information content (AvgIpc) is 3.18. The Morgan fingerprint density at radius 2 is 1.94 bits per heavy atom. The molecule has 4 aromatic rings. The van der Waals surface area contributed by atoms with Gasteiger partial charge in [-0.2, -0.15) is 0 Å². The van der Waals surface area contributed by atoms with Gasteiger partial charge in [0.15, 0.2) is 10.7 Å². The molecule has 3 aromatic carbocycles. The Hall–Kier alpha value is -3.42. The molecule has 0 saturated carbocycles. The quantitative estimate of drug-likeness (QED) is 0.365. The van der Waals surface area contributed by atoms with Gasteiger partial charge in [0.25, 0.3) is 5.91 Å². The van der Waals surface area contributed by atoms with Crippen LogP contribution in [0.5, 0.6) is 5.75 Å². The number of aryl methyl sites for hydroxylation is 2. The molecule has 0 atom stereocenters. The lowest BCUT2D eigenvalue weighted by Crippen LogP contribution is -2.34. The number of benzene rings is 3. The standard InChI is InChI=1S/C24H20ClN3O3S/c1-13-7-10-18-20(11-13)31-23(26-18)15-8-9-17(25)19(12-15)27-24(32)28-22(29)16-6-4-5-14(2)21(16)30-3/h4-12H,1-3H3,(H2,27,28,29,32). The van der Waals surface area contributed by atoms with E-state index in [1.807, 2.05) is 44.2 Å². The number of anilines is 1. The maximum absolute atomic E-state index is 12.7. The van der Waals surface area contributed by atoms with Crippen molar-refractivity contribution in [2.75, 3.05) is 12.4 Å². The molecule has 6 nitrogen and oxygen atoms in total. The second-order valence-electron chi connectivity index (χ2n) is 7.25. The van der Waals surface area contributed by atoms with Crippen LogP contribution in [0.2, 0.25) is 5.02 Å². The van der Waals surface area contributed by atoms with Crippen LogP contribution in [0.15, 0.2) is 59.0 Å². The number of carbonyl (C=O) groups is 1. The van der Waals surface area contributed by atoms with Gasteiger partial charge < -0.3 is 14.5 Å². The summed E-state index contributed by atoms with van der Waals surface area (Å²) in [6.07, 6.45) is 0. The summed E-state index contributed by atoms with van der Waals surface area (Å²) in [6, 6.07) is 16.4. The number of rotatable bonds is 4. The van der Waals surface area contributed by atoms with Gasteiger partial charge in [0.2, 0.25) is 5.89 Å². The number of nitrogens with zero attached hydrogens (tertiary/aromatic N) is 1. The summed E-state index contributed by atoms with van der Waals surface area (Å²) in [6.45, 7) is 3.86. The molecule has 162 valence electrons. The second-order valence-corrected chi connectivity index (χ2v) is 8.06. The third kappa shape index (κ3) is 4.44.